The van der Waals surface area contributed by atoms with Gasteiger partial charge in [-0.3, -0.25) is 4.98 Å². The third-order valence-corrected chi connectivity index (χ3v) is 5.44. The highest BCUT2D eigenvalue weighted by molar-refractivity contribution is 5.85. The lowest BCUT2D eigenvalue weighted by Crippen LogP contribution is -2.36. The van der Waals surface area contributed by atoms with Gasteiger partial charge in [0.05, 0.1) is 18.7 Å². The third-order valence-electron chi connectivity index (χ3n) is 5.44. The van der Waals surface area contributed by atoms with E-state index < -0.39 is 6.10 Å². The molecule has 6 heteroatoms. The summed E-state index contributed by atoms with van der Waals surface area (Å²) in [7, 11) is 1.66. The van der Waals surface area contributed by atoms with Crippen LogP contribution >= 0.6 is 24.8 Å². The van der Waals surface area contributed by atoms with E-state index in [1.807, 2.05) is 24.3 Å². The van der Waals surface area contributed by atoms with Gasteiger partial charge < -0.3 is 15.2 Å². The van der Waals surface area contributed by atoms with Crippen LogP contribution in [0.15, 0.2) is 30.5 Å². The quantitative estimate of drug-likeness (QED) is 0.747. The lowest BCUT2D eigenvalue weighted by molar-refractivity contribution is 0.139. The Morgan fingerprint density at radius 2 is 2.08 bits per heavy atom. The van der Waals surface area contributed by atoms with E-state index in [1.165, 1.54) is 12.8 Å². The molecule has 1 aromatic heterocycles. The van der Waals surface area contributed by atoms with Crippen LogP contribution in [0, 0.1) is 11.8 Å². The Morgan fingerprint density at radius 1 is 1.27 bits per heavy atom. The molecule has 0 spiro atoms. The van der Waals surface area contributed by atoms with Gasteiger partial charge in [0.25, 0.3) is 0 Å². The Bertz CT molecular complexity index is 684. The van der Waals surface area contributed by atoms with Crippen molar-refractivity contribution in [3.8, 4) is 5.75 Å². The summed E-state index contributed by atoms with van der Waals surface area (Å²) in [4.78, 5) is 4.40. The predicted octanol–water partition coefficient (Wildman–Crippen LogP) is 4.54. The molecular weight excluding hydrogens is 371 g/mol. The third kappa shape index (κ3) is 5.23. The number of nitrogens with one attached hydrogen (secondary N) is 1. The second-order valence-electron chi connectivity index (χ2n) is 6.80. The van der Waals surface area contributed by atoms with Crippen LogP contribution < -0.4 is 10.1 Å². The number of aromatic nitrogens is 1. The number of rotatable bonds is 6. The van der Waals surface area contributed by atoms with Gasteiger partial charge in [0.15, 0.2) is 0 Å². The molecule has 3 rings (SSSR count). The number of fused-ring (bicyclic) bond motifs is 1. The summed E-state index contributed by atoms with van der Waals surface area (Å²) in [5.41, 5.74) is 1.86. The van der Waals surface area contributed by atoms with Gasteiger partial charge in [-0.25, -0.2) is 0 Å². The van der Waals surface area contributed by atoms with Gasteiger partial charge in [-0.1, -0.05) is 13.3 Å². The molecule has 3 atom stereocenters. The van der Waals surface area contributed by atoms with Crippen molar-refractivity contribution in [1.29, 1.82) is 0 Å². The molecule has 2 heterocycles. The number of hydrogen-bond donors (Lipinski definition) is 2. The molecule has 2 N–H and O–H groups in total. The van der Waals surface area contributed by atoms with Crippen LogP contribution in [0.3, 0.4) is 0 Å². The minimum Gasteiger partial charge on any atom is -0.497 e. The van der Waals surface area contributed by atoms with E-state index in [1.54, 1.807) is 13.3 Å². The van der Waals surface area contributed by atoms with E-state index in [0.717, 1.165) is 54.1 Å². The van der Waals surface area contributed by atoms with E-state index >= 15 is 0 Å². The van der Waals surface area contributed by atoms with Crippen molar-refractivity contribution in [3.63, 3.8) is 0 Å². The zero-order valence-electron chi connectivity index (χ0n) is 15.5. The van der Waals surface area contributed by atoms with Crippen LogP contribution in [-0.2, 0) is 0 Å². The first-order valence-electron chi connectivity index (χ1n) is 9.04. The molecule has 0 unspecified atom stereocenters. The number of nitrogens with zero attached hydrogens (tertiary/aromatic N) is 1. The van der Waals surface area contributed by atoms with Crippen molar-refractivity contribution in [2.45, 2.75) is 38.7 Å². The lowest BCUT2D eigenvalue weighted by atomic mass is 9.80. The number of piperidine rings is 1. The molecule has 1 saturated heterocycles. The maximum atomic E-state index is 10.8. The lowest BCUT2D eigenvalue weighted by Gasteiger charge is -2.32. The number of aliphatic hydroxyl groups excluding tert-OH is 1. The summed E-state index contributed by atoms with van der Waals surface area (Å²) in [6.07, 6.45) is 5.65. The van der Waals surface area contributed by atoms with Crippen LogP contribution in [0.2, 0.25) is 0 Å². The minimum atomic E-state index is -0.449. The molecule has 1 fully saturated rings. The number of halogens is 2. The van der Waals surface area contributed by atoms with Crippen molar-refractivity contribution in [1.82, 2.24) is 10.3 Å². The second kappa shape index (κ2) is 10.9. The average Bonchev–Trinajstić information content (AvgIpc) is 2.65. The maximum Gasteiger partial charge on any atom is 0.119 e. The van der Waals surface area contributed by atoms with Gasteiger partial charge in [-0.05, 0) is 74.0 Å². The molecule has 0 radical (unpaired) electrons. The molecule has 0 bridgehead atoms. The molecule has 1 aromatic carbocycles. The number of hydrogen-bond acceptors (Lipinski definition) is 4. The fourth-order valence-corrected chi connectivity index (χ4v) is 3.93. The summed E-state index contributed by atoms with van der Waals surface area (Å²) < 4.78 is 5.32. The van der Waals surface area contributed by atoms with E-state index in [9.17, 15) is 5.11 Å². The predicted molar refractivity (Wildman–Crippen MR) is 112 cm³/mol. The highest BCUT2D eigenvalue weighted by atomic mass is 35.5. The molecule has 4 nitrogen and oxygen atoms in total. The molecule has 0 amide bonds. The van der Waals surface area contributed by atoms with E-state index in [2.05, 4.69) is 17.2 Å². The zero-order chi connectivity index (χ0) is 16.9. The molecule has 26 heavy (non-hydrogen) atoms. The Morgan fingerprint density at radius 3 is 2.81 bits per heavy atom. The normalized spacial score (nSPS) is 20.7. The first-order valence-corrected chi connectivity index (χ1v) is 9.04. The smallest absolute Gasteiger partial charge is 0.119 e. The largest absolute Gasteiger partial charge is 0.497 e. The van der Waals surface area contributed by atoms with Gasteiger partial charge in [0.1, 0.15) is 5.75 Å². The Labute approximate surface area is 168 Å². The number of methoxy groups -OCH3 is 1. The SMILES string of the molecule is CC[C@H]1CNCC[C@H]1CC[C@H](O)c1ccnc2ccc(OC)cc12.Cl.Cl. The van der Waals surface area contributed by atoms with Gasteiger partial charge in [0.2, 0.25) is 0 Å². The topological polar surface area (TPSA) is 54.4 Å². The number of aliphatic hydroxyl groups is 1. The van der Waals surface area contributed by atoms with E-state index in [4.69, 9.17) is 4.74 Å². The summed E-state index contributed by atoms with van der Waals surface area (Å²) >= 11 is 0. The highest BCUT2D eigenvalue weighted by Gasteiger charge is 2.24. The van der Waals surface area contributed by atoms with Gasteiger partial charge >= 0.3 is 0 Å². The van der Waals surface area contributed by atoms with Crippen LogP contribution in [0.5, 0.6) is 5.75 Å². The van der Waals surface area contributed by atoms with Gasteiger partial charge in [-0.15, -0.1) is 24.8 Å². The van der Waals surface area contributed by atoms with Crippen LogP contribution in [0.25, 0.3) is 10.9 Å². The summed E-state index contributed by atoms with van der Waals surface area (Å²) in [6.45, 7) is 4.49. The maximum absolute atomic E-state index is 10.8. The number of pyridine rings is 1. The Kier molecular flexibility index (Phi) is 9.66. The van der Waals surface area contributed by atoms with Crippen LogP contribution in [0.4, 0.5) is 0 Å². The molecule has 1 aliphatic rings. The van der Waals surface area contributed by atoms with Gasteiger partial charge in [0, 0.05) is 11.6 Å². The standard InChI is InChI=1S/C20H28N2O2.2ClH/c1-3-14-13-21-10-8-15(14)4-7-20(23)17-9-11-22-19-6-5-16(24-2)12-18(17)19;;/h5-6,9,11-12,14-15,20-21,23H,3-4,7-8,10,13H2,1-2H3;2*1H/t14-,15+,20-;;/m0../s1. The van der Waals surface area contributed by atoms with Gasteiger partial charge in [-0.2, -0.15) is 0 Å². The second-order valence-corrected chi connectivity index (χ2v) is 6.80. The first kappa shape index (κ1) is 23.0. The molecule has 0 aliphatic carbocycles. The fourth-order valence-electron chi connectivity index (χ4n) is 3.93. The molecule has 0 saturated carbocycles. The van der Waals surface area contributed by atoms with Crippen LogP contribution in [0.1, 0.15) is 44.3 Å². The monoisotopic (exact) mass is 400 g/mol. The number of benzene rings is 1. The molecule has 2 aromatic rings. The first-order chi connectivity index (χ1) is 11.7. The van der Waals surface area contributed by atoms with Crippen LogP contribution in [-0.4, -0.2) is 30.3 Å². The molecular formula is C20H30Cl2N2O2. The Hall–Kier alpha value is -1.07. The summed E-state index contributed by atoms with van der Waals surface area (Å²) in [6, 6.07) is 7.77. The molecule has 146 valence electrons. The van der Waals surface area contributed by atoms with Crippen molar-refractivity contribution in [2.75, 3.05) is 20.2 Å². The highest BCUT2D eigenvalue weighted by Crippen LogP contribution is 2.33. The van der Waals surface area contributed by atoms with Crippen molar-refractivity contribution >= 4 is 35.7 Å². The zero-order valence-corrected chi connectivity index (χ0v) is 17.1. The minimum absolute atomic E-state index is 0. The van der Waals surface area contributed by atoms with Crippen molar-refractivity contribution in [2.24, 2.45) is 11.8 Å². The van der Waals surface area contributed by atoms with Crippen molar-refractivity contribution in [3.05, 3.63) is 36.0 Å². The summed E-state index contributed by atoms with van der Waals surface area (Å²) in [5.74, 6) is 2.25. The van der Waals surface area contributed by atoms with E-state index in [0.29, 0.717) is 5.92 Å². The number of ether oxygens (including phenoxy) is 1. The fraction of sp³-hybridized carbons (Fsp3) is 0.550. The Balaban J connectivity index is 0.00000169. The average molecular weight is 401 g/mol. The summed E-state index contributed by atoms with van der Waals surface area (Å²) in [5, 5.41) is 15.3. The molecule has 1 aliphatic heterocycles. The van der Waals surface area contributed by atoms with E-state index in [-0.39, 0.29) is 24.8 Å². The van der Waals surface area contributed by atoms with Crippen molar-refractivity contribution < 1.29 is 9.84 Å².